The maximum absolute atomic E-state index is 12.5. The van der Waals surface area contributed by atoms with Crippen LogP contribution >= 0.6 is 0 Å². The minimum Gasteiger partial charge on any atom is -0.479 e. The molecule has 0 spiro atoms. The molecule has 33 heavy (non-hydrogen) atoms. The number of imidazole rings is 1. The quantitative estimate of drug-likeness (QED) is 0.373. The zero-order valence-electron chi connectivity index (χ0n) is 17.5. The van der Waals surface area contributed by atoms with Crippen LogP contribution in [0.5, 0.6) is 5.75 Å². The first-order valence-electron chi connectivity index (χ1n) is 10.2. The molecular weight excluding hydrogens is 424 g/mol. The molecule has 1 unspecified atom stereocenters. The number of carbonyl (C=O) groups excluding carboxylic acids is 3. The summed E-state index contributed by atoms with van der Waals surface area (Å²) < 4.78 is 12.4. The number of Topliss-reactive ketones (excluding diaryl/α,β-unsaturated/α-hetero) is 1. The number of amides is 1. The second kappa shape index (κ2) is 8.19. The number of aromatic nitrogens is 3. The number of nitrogens with zero attached hydrogens (tertiary/aromatic N) is 3. The Hall–Kier alpha value is -4.53. The van der Waals surface area contributed by atoms with Crippen LogP contribution in [0.15, 0.2) is 67.1 Å². The van der Waals surface area contributed by atoms with Crippen LogP contribution < -0.4 is 10.1 Å². The molecule has 5 rings (SSSR count). The Labute approximate surface area is 188 Å². The van der Waals surface area contributed by atoms with Crippen LogP contribution in [0.1, 0.15) is 27.6 Å². The van der Waals surface area contributed by atoms with Gasteiger partial charge in [-0.1, -0.05) is 12.1 Å². The zero-order chi connectivity index (χ0) is 22.9. The van der Waals surface area contributed by atoms with Crippen molar-refractivity contribution in [2.24, 2.45) is 0 Å². The van der Waals surface area contributed by atoms with E-state index < -0.39 is 24.5 Å². The van der Waals surface area contributed by atoms with E-state index in [0.717, 1.165) is 11.0 Å². The number of hydrogen-bond donors (Lipinski definition) is 1. The topological polar surface area (TPSA) is 112 Å². The van der Waals surface area contributed by atoms with Gasteiger partial charge in [-0.2, -0.15) is 0 Å². The number of fused-ring (bicyclic) bond motifs is 2. The maximum atomic E-state index is 12.5. The molecule has 0 aliphatic carbocycles. The van der Waals surface area contributed by atoms with E-state index in [0.29, 0.717) is 22.8 Å². The SMILES string of the molecule is CC1Oc2ccc(C(=O)COC(=O)c3ccc(-n4cnc5ccccc54)nc3)cc2NC1=O. The van der Waals surface area contributed by atoms with Gasteiger partial charge < -0.3 is 14.8 Å². The van der Waals surface area contributed by atoms with Crippen molar-refractivity contribution in [2.75, 3.05) is 11.9 Å². The summed E-state index contributed by atoms with van der Waals surface area (Å²) in [5.41, 5.74) is 2.65. The first-order valence-corrected chi connectivity index (χ1v) is 10.2. The number of anilines is 1. The first-order chi connectivity index (χ1) is 16.0. The summed E-state index contributed by atoms with van der Waals surface area (Å²) in [4.78, 5) is 45.3. The largest absolute Gasteiger partial charge is 0.479 e. The highest BCUT2D eigenvalue weighted by atomic mass is 16.5. The van der Waals surface area contributed by atoms with E-state index in [1.165, 1.54) is 12.3 Å². The summed E-state index contributed by atoms with van der Waals surface area (Å²) in [5.74, 6) is -0.288. The molecule has 0 fully saturated rings. The third-order valence-electron chi connectivity index (χ3n) is 5.25. The van der Waals surface area contributed by atoms with E-state index in [2.05, 4.69) is 15.3 Å². The average Bonchev–Trinajstić information content (AvgIpc) is 3.27. The van der Waals surface area contributed by atoms with Crippen LogP contribution in [0.4, 0.5) is 5.69 Å². The summed E-state index contributed by atoms with van der Waals surface area (Å²) >= 11 is 0. The molecule has 4 aromatic rings. The normalized spacial score (nSPS) is 14.8. The molecule has 0 bridgehead atoms. The predicted octanol–water partition coefficient (Wildman–Crippen LogP) is 3.18. The Morgan fingerprint density at radius 1 is 1.09 bits per heavy atom. The van der Waals surface area contributed by atoms with Gasteiger partial charge in [0.15, 0.2) is 18.5 Å². The molecule has 0 saturated carbocycles. The van der Waals surface area contributed by atoms with Crippen LogP contribution in [0.3, 0.4) is 0 Å². The van der Waals surface area contributed by atoms with Crippen molar-refractivity contribution in [3.8, 4) is 11.6 Å². The molecule has 1 aliphatic heterocycles. The molecule has 0 saturated heterocycles. The van der Waals surface area contributed by atoms with Crippen molar-refractivity contribution in [2.45, 2.75) is 13.0 Å². The first kappa shape index (κ1) is 20.4. The highest BCUT2D eigenvalue weighted by molar-refractivity contribution is 6.03. The molecule has 9 nitrogen and oxygen atoms in total. The Balaban J connectivity index is 1.24. The fourth-order valence-electron chi connectivity index (χ4n) is 3.47. The molecule has 1 amide bonds. The molecular formula is C24H18N4O5. The number of para-hydroxylation sites is 2. The molecule has 2 aromatic carbocycles. The Bertz CT molecular complexity index is 1390. The van der Waals surface area contributed by atoms with E-state index in [-0.39, 0.29) is 11.5 Å². The van der Waals surface area contributed by atoms with Crippen LogP contribution in [0, 0.1) is 0 Å². The molecule has 2 aromatic heterocycles. The van der Waals surface area contributed by atoms with E-state index in [1.807, 2.05) is 28.8 Å². The van der Waals surface area contributed by atoms with Crippen LogP contribution in [0.25, 0.3) is 16.9 Å². The fourth-order valence-corrected chi connectivity index (χ4v) is 3.47. The second-order valence-corrected chi connectivity index (χ2v) is 7.47. The van der Waals surface area contributed by atoms with Gasteiger partial charge in [0, 0.05) is 11.8 Å². The smallest absolute Gasteiger partial charge is 0.340 e. The molecule has 0 radical (unpaired) electrons. The summed E-state index contributed by atoms with van der Waals surface area (Å²) in [6.45, 7) is 1.19. The van der Waals surface area contributed by atoms with Gasteiger partial charge in [-0.15, -0.1) is 0 Å². The number of ketones is 1. The van der Waals surface area contributed by atoms with Crippen molar-refractivity contribution >= 4 is 34.4 Å². The zero-order valence-corrected chi connectivity index (χ0v) is 17.5. The monoisotopic (exact) mass is 442 g/mol. The lowest BCUT2D eigenvalue weighted by molar-refractivity contribution is -0.122. The van der Waals surface area contributed by atoms with Crippen LogP contribution in [0.2, 0.25) is 0 Å². The molecule has 1 N–H and O–H groups in total. The van der Waals surface area contributed by atoms with Crippen molar-refractivity contribution in [3.63, 3.8) is 0 Å². The minimum absolute atomic E-state index is 0.219. The van der Waals surface area contributed by atoms with Gasteiger partial charge in [-0.05, 0) is 49.4 Å². The number of rotatable bonds is 5. The Morgan fingerprint density at radius 2 is 1.91 bits per heavy atom. The third-order valence-corrected chi connectivity index (χ3v) is 5.25. The summed E-state index contributed by atoms with van der Waals surface area (Å²) in [5, 5.41) is 2.68. The van der Waals surface area contributed by atoms with E-state index in [4.69, 9.17) is 9.47 Å². The highest BCUT2D eigenvalue weighted by Crippen LogP contribution is 2.30. The maximum Gasteiger partial charge on any atom is 0.340 e. The van der Waals surface area contributed by atoms with Gasteiger partial charge in [-0.25, -0.2) is 14.8 Å². The summed E-state index contributed by atoms with van der Waals surface area (Å²) in [6.07, 6.45) is 2.45. The average molecular weight is 442 g/mol. The van der Waals surface area contributed by atoms with Crippen molar-refractivity contribution < 1.29 is 23.9 Å². The van der Waals surface area contributed by atoms with Crippen LogP contribution in [-0.4, -0.2) is 44.9 Å². The number of esters is 1. The van der Waals surface area contributed by atoms with E-state index in [9.17, 15) is 14.4 Å². The van der Waals surface area contributed by atoms with E-state index >= 15 is 0 Å². The standard InChI is InChI=1S/C24H18N4O5/c1-14-23(30)27-18-10-15(6-8-21(18)33-14)20(29)12-32-24(31)16-7-9-22(25-11-16)28-13-26-17-4-2-3-5-19(17)28/h2-11,13-14H,12H2,1H3,(H,27,30). The number of pyridine rings is 1. The van der Waals surface area contributed by atoms with Gasteiger partial charge >= 0.3 is 5.97 Å². The Kier molecular flexibility index (Phi) is 5.06. The number of ether oxygens (including phenoxy) is 2. The molecule has 1 atom stereocenters. The van der Waals surface area contributed by atoms with Gasteiger partial charge in [0.1, 0.15) is 17.9 Å². The van der Waals surface area contributed by atoms with Gasteiger partial charge in [0.05, 0.1) is 22.3 Å². The number of hydrogen-bond acceptors (Lipinski definition) is 7. The minimum atomic E-state index is -0.665. The molecule has 9 heteroatoms. The van der Waals surface area contributed by atoms with Gasteiger partial charge in [-0.3, -0.25) is 14.2 Å². The highest BCUT2D eigenvalue weighted by Gasteiger charge is 2.24. The lowest BCUT2D eigenvalue weighted by Crippen LogP contribution is -2.34. The van der Waals surface area contributed by atoms with Crippen LogP contribution in [-0.2, 0) is 9.53 Å². The number of carbonyl (C=O) groups is 3. The number of nitrogens with one attached hydrogen (secondary N) is 1. The van der Waals surface area contributed by atoms with Crippen molar-refractivity contribution in [1.29, 1.82) is 0 Å². The van der Waals surface area contributed by atoms with E-state index in [1.54, 1.807) is 37.5 Å². The predicted molar refractivity (Wildman–Crippen MR) is 119 cm³/mol. The third kappa shape index (κ3) is 3.91. The lowest BCUT2D eigenvalue weighted by atomic mass is 10.1. The van der Waals surface area contributed by atoms with Gasteiger partial charge in [0.25, 0.3) is 5.91 Å². The summed E-state index contributed by atoms with van der Waals surface area (Å²) in [6, 6.07) is 15.6. The molecule has 164 valence electrons. The van der Waals surface area contributed by atoms with Crippen molar-refractivity contribution in [3.05, 3.63) is 78.2 Å². The molecule has 3 heterocycles. The number of benzene rings is 2. The van der Waals surface area contributed by atoms with Gasteiger partial charge in [0.2, 0.25) is 0 Å². The van der Waals surface area contributed by atoms with Crippen molar-refractivity contribution in [1.82, 2.24) is 14.5 Å². The summed E-state index contributed by atoms with van der Waals surface area (Å²) in [7, 11) is 0. The lowest BCUT2D eigenvalue weighted by Gasteiger charge is -2.23. The second-order valence-electron chi connectivity index (χ2n) is 7.47. The molecule has 1 aliphatic rings. The fraction of sp³-hybridized carbons (Fsp3) is 0.125. The Morgan fingerprint density at radius 3 is 2.73 bits per heavy atom.